The summed E-state index contributed by atoms with van der Waals surface area (Å²) < 4.78 is 10.3. The van der Waals surface area contributed by atoms with E-state index in [1.54, 1.807) is 20.8 Å². The number of quaternary nitrogens is 1. The monoisotopic (exact) mass is 427 g/mol. The van der Waals surface area contributed by atoms with Gasteiger partial charge in [0.15, 0.2) is 5.69 Å². The molecule has 1 aromatic rings. The number of carbonyl (C=O) groups is 4. The summed E-state index contributed by atoms with van der Waals surface area (Å²) in [4.78, 5) is 47.0. The highest BCUT2D eigenvalue weighted by atomic mass is 16.8. The fourth-order valence-electron chi connectivity index (χ4n) is 2.34. The van der Waals surface area contributed by atoms with Crippen molar-refractivity contribution in [3.05, 3.63) is 35.0 Å². The number of ether oxygens (including phenoxy) is 2. The predicted molar refractivity (Wildman–Crippen MR) is 100 cm³/mol. The van der Waals surface area contributed by atoms with Crippen LogP contribution in [0.2, 0.25) is 0 Å². The summed E-state index contributed by atoms with van der Waals surface area (Å²) >= 11 is 0. The molecule has 0 aliphatic heterocycles. The van der Waals surface area contributed by atoms with Crippen molar-refractivity contribution in [2.45, 2.75) is 51.4 Å². The summed E-state index contributed by atoms with van der Waals surface area (Å²) in [6.45, 7) is 4.69. The maximum atomic E-state index is 12.6. The molecule has 0 fully saturated rings. The number of aliphatic carboxylic acids is 1. The number of rotatable bonds is 9. The summed E-state index contributed by atoms with van der Waals surface area (Å²) in [6.07, 6.45) is -3.71. The number of para-hydroxylation sites is 1. The van der Waals surface area contributed by atoms with Gasteiger partial charge in [-0.1, -0.05) is 12.1 Å². The molecule has 0 bridgehead atoms. The van der Waals surface area contributed by atoms with E-state index in [-0.39, 0.29) is 24.1 Å². The van der Waals surface area contributed by atoms with E-state index in [1.807, 2.05) is 5.32 Å². The zero-order valence-electron chi connectivity index (χ0n) is 16.7. The van der Waals surface area contributed by atoms with E-state index in [0.29, 0.717) is 0 Å². The lowest BCUT2D eigenvalue weighted by molar-refractivity contribution is -0.991. The number of benzene rings is 1. The first-order valence-corrected chi connectivity index (χ1v) is 8.85. The van der Waals surface area contributed by atoms with E-state index >= 15 is 0 Å². The lowest BCUT2D eigenvalue weighted by atomic mass is 10.1. The third-order valence-corrected chi connectivity index (χ3v) is 3.59. The third-order valence-electron chi connectivity index (χ3n) is 3.59. The molecule has 166 valence electrons. The van der Waals surface area contributed by atoms with Gasteiger partial charge >= 0.3 is 18.0 Å². The predicted octanol–water partition coefficient (Wildman–Crippen LogP) is -0.0823. The third kappa shape index (κ3) is 8.03. The van der Waals surface area contributed by atoms with Gasteiger partial charge in [-0.2, -0.15) is 5.23 Å². The number of carboxylic acid groups (broad SMARTS) is 1. The fourth-order valence-corrected chi connectivity index (χ4v) is 2.34. The van der Waals surface area contributed by atoms with Crippen molar-refractivity contribution in [1.29, 1.82) is 0 Å². The molecule has 12 nitrogen and oxygen atoms in total. The standard InChI is InChI=1S/C18H25N3O9/c1-18(2,3)30-16(25)14(10-6-4-5-7-12(10)21(27)28)29-17(26)20-11(15(23)24)8-9-13(19)22/h4-7,11,14,21,27H,8-9H2,1-3H3,(H2,19,22)(H,20,26)(H,23,24)/t11-,14?/m1/s1. The Balaban J connectivity index is 3.14. The molecule has 2 unspecified atom stereocenters. The van der Waals surface area contributed by atoms with Crippen molar-refractivity contribution < 1.29 is 44.2 Å². The van der Waals surface area contributed by atoms with Crippen molar-refractivity contribution in [2.24, 2.45) is 5.73 Å². The average Bonchev–Trinajstić information content (AvgIpc) is 2.61. The second-order valence-corrected chi connectivity index (χ2v) is 7.25. The smallest absolute Gasteiger partial charge is 0.409 e. The molecule has 0 aliphatic rings. The molecule has 1 rings (SSSR count). The first-order chi connectivity index (χ1) is 13.8. The van der Waals surface area contributed by atoms with E-state index in [9.17, 15) is 34.7 Å². The normalized spacial score (nSPS) is 14.2. The summed E-state index contributed by atoms with van der Waals surface area (Å²) in [5, 5.41) is 30.7. The molecule has 0 heterocycles. The van der Waals surface area contributed by atoms with Gasteiger partial charge in [0.1, 0.15) is 11.6 Å². The minimum atomic E-state index is -1.78. The number of amides is 2. The Labute approximate surface area is 172 Å². The molecule has 1 aromatic carbocycles. The molecule has 0 saturated carbocycles. The van der Waals surface area contributed by atoms with E-state index in [0.717, 1.165) is 0 Å². The molecular formula is C18H25N3O9. The second-order valence-electron chi connectivity index (χ2n) is 7.25. The van der Waals surface area contributed by atoms with Gasteiger partial charge in [-0.25, -0.2) is 19.6 Å². The highest BCUT2D eigenvalue weighted by Gasteiger charge is 2.34. The first kappa shape index (κ1) is 24.8. The van der Waals surface area contributed by atoms with Crippen LogP contribution in [0.5, 0.6) is 0 Å². The highest BCUT2D eigenvalue weighted by Crippen LogP contribution is 2.27. The molecule has 2 amide bonds. The minimum Gasteiger partial charge on any atom is -0.595 e. The molecule has 12 heteroatoms. The molecule has 6 N–H and O–H groups in total. The Kier molecular flexibility index (Phi) is 8.71. The minimum absolute atomic E-state index is 0.154. The van der Waals surface area contributed by atoms with Gasteiger partial charge in [-0.3, -0.25) is 4.79 Å². The number of alkyl carbamates (subject to hydrolysis) is 1. The number of carboxylic acids is 1. The van der Waals surface area contributed by atoms with Crippen molar-refractivity contribution >= 4 is 29.6 Å². The second kappa shape index (κ2) is 10.5. The van der Waals surface area contributed by atoms with Crippen molar-refractivity contribution in [3.63, 3.8) is 0 Å². The number of nitrogens with one attached hydrogen (secondary N) is 2. The van der Waals surface area contributed by atoms with Crippen LogP contribution in [0.15, 0.2) is 24.3 Å². The first-order valence-electron chi connectivity index (χ1n) is 8.85. The van der Waals surface area contributed by atoms with Crippen molar-refractivity contribution in [2.75, 3.05) is 0 Å². The number of nitrogens with two attached hydrogens (primary N) is 1. The van der Waals surface area contributed by atoms with Crippen LogP contribution in [0, 0.1) is 5.21 Å². The van der Waals surface area contributed by atoms with Gasteiger partial charge in [-0.15, -0.1) is 0 Å². The molecule has 0 aliphatic carbocycles. The summed E-state index contributed by atoms with van der Waals surface area (Å²) in [5.74, 6) is -3.26. The van der Waals surface area contributed by atoms with Gasteiger partial charge in [-0.05, 0) is 33.3 Å². The van der Waals surface area contributed by atoms with Gasteiger partial charge in [0, 0.05) is 12.5 Å². The Morgan fingerprint density at radius 2 is 1.83 bits per heavy atom. The molecule has 30 heavy (non-hydrogen) atoms. The highest BCUT2D eigenvalue weighted by molar-refractivity contribution is 5.84. The molecule has 0 aromatic heterocycles. The number of hydrogen-bond donors (Lipinski definition) is 5. The molecule has 0 spiro atoms. The van der Waals surface area contributed by atoms with E-state index in [2.05, 4.69) is 0 Å². The van der Waals surface area contributed by atoms with Crippen LogP contribution in [-0.2, 0) is 23.9 Å². The van der Waals surface area contributed by atoms with Crippen molar-refractivity contribution in [1.82, 2.24) is 5.32 Å². The number of hydrogen-bond acceptors (Lipinski definition) is 8. The van der Waals surface area contributed by atoms with Crippen LogP contribution in [-0.4, -0.2) is 45.9 Å². The lowest BCUT2D eigenvalue weighted by Gasteiger charge is -2.26. The lowest BCUT2D eigenvalue weighted by Crippen LogP contribution is -2.99. The molecule has 0 saturated heterocycles. The maximum absolute atomic E-state index is 12.6. The SMILES string of the molecule is CC(C)(C)OC(=O)C(OC(=O)N[C@H](CCC(N)=O)C(=O)O)c1ccccc1[NH+]([O-])O. The average molecular weight is 427 g/mol. The number of esters is 1. The van der Waals surface area contributed by atoms with Gasteiger partial charge in [0.25, 0.3) is 0 Å². The van der Waals surface area contributed by atoms with Crippen LogP contribution in [0.3, 0.4) is 0 Å². The largest absolute Gasteiger partial charge is 0.595 e. The van der Waals surface area contributed by atoms with Crippen LogP contribution < -0.4 is 16.3 Å². The maximum Gasteiger partial charge on any atom is 0.409 e. The number of primary amides is 1. The summed E-state index contributed by atoms with van der Waals surface area (Å²) in [5.41, 5.74) is 3.55. The van der Waals surface area contributed by atoms with Crippen molar-refractivity contribution in [3.8, 4) is 0 Å². The van der Waals surface area contributed by atoms with E-state index < -0.39 is 46.9 Å². The molecular weight excluding hydrogens is 402 g/mol. The zero-order valence-corrected chi connectivity index (χ0v) is 16.7. The van der Waals surface area contributed by atoms with Crippen LogP contribution in [0.25, 0.3) is 0 Å². The van der Waals surface area contributed by atoms with E-state index in [4.69, 9.17) is 15.2 Å². The van der Waals surface area contributed by atoms with E-state index in [1.165, 1.54) is 24.3 Å². The summed E-state index contributed by atoms with van der Waals surface area (Å²) in [7, 11) is 0. The Morgan fingerprint density at radius 3 is 2.33 bits per heavy atom. The topological polar surface area (TPSA) is 193 Å². The van der Waals surface area contributed by atoms with Crippen LogP contribution in [0.4, 0.5) is 10.5 Å². The Bertz CT molecular complexity index is 789. The molecule has 3 atom stereocenters. The quantitative estimate of drug-likeness (QED) is 0.265. The number of carbonyl (C=O) groups excluding carboxylic acids is 3. The Hall–Kier alpha value is -3.22. The molecule has 0 radical (unpaired) electrons. The van der Waals surface area contributed by atoms with Gasteiger partial charge < -0.3 is 30.8 Å². The summed E-state index contributed by atoms with van der Waals surface area (Å²) in [6, 6.07) is 3.83. The van der Waals surface area contributed by atoms with Gasteiger partial charge in [0.2, 0.25) is 12.0 Å². The van der Waals surface area contributed by atoms with Crippen LogP contribution in [0.1, 0.15) is 45.3 Å². The van der Waals surface area contributed by atoms with Gasteiger partial charge in [0.05, 0.1) is 5.56 Å². The fraction of sp³-hybridized carbons (Fsp3) is 0.444. The Morgan fingerprint density at radius 1 is 1.23 bits per heavy atom. The zero-order chi connectivity index (χ0) is 23.1. The van der Waals surface area contributed by atoms with Crippen LogP contribution >= 0.6 is 0 Å².